The molecule has 28 heavy (non-hydrogen) atoms. The SMILES string of the molecule is Cc1ccccc1C(=O)N1CCC(=O)N(Cc2ccc(F)cc2)C(C(C)C)C1. The summed E-state index contributed by atoms with van der Waals surface area (Å²) in [5, 5.41) is 0. The van der Waals surface area contributed by atoms with Gasteiger partial charge in [-0.1, -0.05) is 44.2 Å². The van der Waals surface area contributed by atoms with Crippen LogP contribution < -0.4 is 0 Å². The van der Waals surface area contributed by atoms with Gasteiger partial charge in [-0.05, 0) is 42.2 Å². The van der Waals surface area contributed by atoms with Gasteiger partial charge in [0.2, 0.25) is 5.91 Å². The maximum absolute atomic E-state index is 13.2. The second-order valence-electron chi connectivity index (χ2n) is 7.78. The molecule has 5 heteroatoms. The van der Waals surface area contributed by atoms with E-state index in [0.717, 1.165) is 11.1 Å². The Kier molecular flexibility index (Phi) is 6.12. The Hall–Kier alpha value is -2.69. The van der Waals surface area contributed by atoms with Crippen LogP contribution in [0.5, 0.6) is 0 Å². The molecule has 0 aromatic heterocycles. The number of carbonyl (C=O) groups is 2. The smallest absolute Gasteiger partial charge is 0.254 e. The number of aryl methyl sites for hydroxylation is 1. The van der Waals surface area contributed by atoms with Crippen LogP contribution >= 0.6 is 0 Å². The summed E-state index contributed by atoms with van der Waals surface area (Å²) in [5.74, 6) is -0.0979. The molecule has 148 valence electrons. The molecule has 2 aromatic rings. The van der Waals surface area contributed by atoms with E-state index in [4.69, 9.17) is 0 Å². The van der Waals surface area contributed by atoms with Gasteiger partial charge in [-0.25, -0.2) is 4.39 Å². The van der Waals surface area contributed by atoms with Crippen molar-refractivity contribution in [3.05, 3.63) is 71.0 Å². The van der Waals surface area contributed by atoms with Gasteiger partial charge in [0.25, 0.3) is 5.91 Å². The third-order valence-corrected chi connectivity index (χ3v) is 5.42. The van der Waals surface area contributed by atoms with Crippen molar-refractivity contribution in [2.24, 2.45) is 5.92 Å². The molecule has 0 saturated carbocycles. The molecule has 1 heterocycles. The predicted octanol–water partition coefficient (Wildman–Crippen LogP) is 4.03. The van der Waals surface area contributed by atoms with E-state index in [0.29, 0.717) is 31.6 Å². The van der Waals surface area contributed by atoms with Crippen LogP contribution in [0.3, 0.4) is 0 Å². The second-order valence-corrected chi connectivity index (χ2v) is 7.78. The monoisotopic (exact) mass is 382 g/mol. The van der Waals surface area contributed by atoms with Crippen molar-refractivity contribution >= 4 is 11.8 Å². The minimum Gasteiger partial charge on any atom is -0.336 e. The van der Waals surface area contributed by atoms with Crippen molar-refractivity contribution in [3.8, 4) is 0 Å². The molecule has 0 spiro atoms. The van der Waals surface area contributed by atoms with E-state index in [1.807, 2.05) is 36.1 Å². The first-order chi connectivity index (χ1) is 13.4. The second kappa shape index (κ2) is 8.55. The number of amides is 2. The number of carbonyl (C=O) groups excluding carboxylic acids is 2. The van der Waals surface area contributed by atoms with Crippen molar-refractivity contribution in [2.45, 2.75) is 39.8 Å². The van der Waals surface area contributed by atoms with Crippen molar-refractivity contribution < 1.29 is 14.0 Å². The highest BCUT2D eigenvalue weighted by atomic mass is 19.1. The molecule has 0 aliphatic carbocycles. The predicted molar refractivity (Wildman–Crippen MR) is 107 cm³/mol. The fourth-order valence-corrected chi connectivity index (χ4v) is 3.71. The van der Waals surface area contributed by atoms with Crippen molar-refractivity contribution in [1.82, 2.24) is 9.80 Å². The van der Waals surface area contributed by atoms with Gasteiger partial charge in [-0.2, -0.15) is 0 Å². The minimum absolute atomic E-state index is 0.0276. The molecule has 3 rings (SSSR count). The van der Waals surface area contributed by atoms with Crippen molar-refractivity contribution in [2.75, 3.05) is 13.1 Å². The van der Waals surface area contributed by atoms with Gasteiger partial charge in [-0.15, -0.1) is 0 Å². The van der Waals surface area contributed by atoms with Crippen LogP contribution in [0.15, 0.2) is 48.5 Å². The lowest BCUT2D eigenvalue weighted by Crippen LogP contribution is -2.47. The molecule has 1 aliphatic rings. The lowest BCUT2D eigenvalue weighted by molar-refractivity contribution is -0.134. The topological polar surface area (TPSA) is 40.6 Å². The average Bonchev–Trinajstić information content (AvgIpc) is 2.83. The van der Waals surface area contributed by atoms with Gasteiger partial charge in [0.1, 0.15) is 5.82 Å². The first-order valence-corrected chi connectivity index (χ1v) is 9.75. The fraction of sp³-hybridized carbons (Fsp3) is 0.391. The summed E-state index contributed by atoms with van der Waals surface area (Å²) in [6, 6.07) is 13.7. The lowest BCUT2D eigenvalue weighted by atomic mass is 10.0. The highest BCUT2D eigenvalue weighted by molar-refractivity contribution is 5.96. The van der Waals surface area contributed by atoms with Gasteiger partial charge in [0.15, 0.2) is 0 Å². The standard InChI is InChI=1S/C23H27FN2O2/c1-16(2)21-15-25(23(28)20-7-5-4-6-17(20)3)13-12-22(27)26(21)14-18-8-10-19(24)11-9-18/h4-11,16,21H,12-15H2,1-3H3. The summed E-state index contributed by atoms with van der Waals surface area (Å²) in [6.07, 6.45) is 0.294. The molecular formula is C23H27FN2O2. The first-order valence-electron chi connectivity index (χ1n) is 9.75. The number of hydrogen-bond donors (Lipinski definition) is 0. The van der Waals surface area contributed by atoms with Crippen molar-refractivity contribution in [1.29, 1.82) is 0 Å². The van der Waals surface area contributed by atoms with Crippen LogP contribution in [-0.4, -0.2) is 40.7 Å². The van der Waals surface area contributed by atoms with Crippen LogP contribution in [0.25, 0.3) is 0 Å². The summed E-state index contributed by atoms with van der Waals surface area (Å²) in [4.78, 5) is 29.6. The van der Waals surface area contributed by atoms with E-state index in [2.05, 4.69) is 13.8 Å². The molecule has 2 aromatic carbocycles. The Morgan fingerprint density at radius 1 is 1.14 bits per heavy atom. The molecule has 4 nitrogen and oxygen atoms in total. The highest BCUT2D eigenvalue weighted by Gasteiger charge is 2.33. The van der Waals surface area contributed by atoms with E-state index in [1.54, 1.807) is 17.0 Å². The third-order valence-electron chi connectivity index (χ3n) is 5.42. The maximum atomic E-state index is 13.2. The molecule has 1 saturated heterocycles. The zero-order valence-electron chi connectivity index (χ0n) is 16.7. The average molecular weight is 382 g/mol. The van der Waals surface area contributed by atoms with E-state index < -0.39 is 0 Å². The summed E-state index contributed by atoms with van der Waals surface area (Å²) in [7, 11) is 0. The molecular weight excluding hydrogens is 355 g/mol. The normalized spacial score (nSPS) is 17.8. The number of rotatable bonds is 4. The quantitative estimate of drug-likeness (QED) is 0.801. The summed E-state index contributed by atoms with van der Waals surface area (Å²) < 4.78 is 13.2. The summed E-state index contributed by atoms with van der Waals surface area (Å²) in [5.41, 5.74) is 2.51. The zero-order valence-corrected chi connectivity index (χ0v) is 16.7. The first kappa shape index (κ1) is 20.1. The van der Waals surface area contributed by atoms with E-state index in [9.17, 15) is 14.0 Å². The Morgan fingerprint density at radius 3 is 2.46 bits per heavy atom. The Balaban J connectivity index is 1.84. The van der Waals surface area contributed by atoms with E-state index in [1.165, 1.54) is 12.1 Å². The molecule has 1 atom stereocenters. The zero-order chi connectivity index (χ0) is 20.3. The summed E-state index contributed by atoms with van der Waals surface area (Å²) in [6.45, 7) is 7.40. The Bertz CT molecular complexity index is 848. The van der Waals surface area contributed by atoms with Crippen molar-refractivity contribution in [3.63, 3.8) is 0 Å². The molecule has 0 N–H and O–H groups in total. The minimum atomic E-state index is -0.290. The Labute approximate surface area is 166 Å². The van der Waals surface area contributed by atoms with Gasteiger partial charge >= 0.3 is 0 Å². The molecule has 1 unspecified atom stereocenters. The highest BCUT2D eigenvalue weighted by Crippen LogP contribution is 2.23. The summed E-state index contributed by atoms with van der Waals surface area (Å²) >= 11 is 0. The largest absolute Gasteiger partial charge is 0.336 e. The molecule has 0 bridgehead atoms. The number of hydrogen-bond acceptors (Lipinski definition) is 2. The van der Waals surface area contributed by atoms with Crippen LogP contribution in [0.4, 0.5) is 4.39 Å². The third kappa shape index (κ3) is 4.41. The fourth-order valence-electron chi connectivity index (χ4n) is 3.71. The van der Waals surface area contributed by atoms with E-state index in [-0.39, 0.29) is 29.6 Å². The number of halogens is 1. The Morgan fingerprint density at radius 2 is 1.82 bits per heavy atom. The van der Waals surface area contributed by atoms with Gasteiger partial charge in [-0.3, -0.25) is 9.59 Å². The number of nitrogens with zero attached hydrogens (tertiary/aromatic N) is 2. The van der Waals surface area contributed by atoms with Gasteiger partial charge < -0.3 is 9.80 Å². The molecule has 0 radical (unpaired) electrons. The van der Waals surface area contributed by atoms with E-state index >= 15 is 0 Å². The van der Waals surface area contributed by atoms with Crippen LogP contribution in [0.2, 0.25) is 0 Å². The van der Waals surface area contributed by atoms with Crippen LogP contribution in [0, 0.1) is 18.7 Å². The van der Waals surface area contributed by atoms with Crippen LogP contribution in [-0.2, 0) is 11.3 Å². The molecule has 1 aliphatic heterocycles. The van der Waals surface area contributed by atoms with Crippen LogP contribution in [0.1, 0.15) is 41.8 Å². The number of benzene rings is 2. The maximum Gasteiger partial charge on any atom is 0.254 e. The molecule has 2 amide bonds. The van der Waals surface area contributed by atoms with Gasteiger partial charge in [0, 0.05) is 31.6 Å². The van der Waals surface area contributed by atoms with Gasteiger partial charge in [0.05, 0.1) is 6.04 Å². The molecule has 1 fully saturated rings. The lowest BCUT2D eigenvalue weighted by Gasteiger charge is -2.35.